The number of anilines is 1. The molecule has 1 N–H and O–H groups in total. The Morgan fingerprint density at radius 1 is 1.17 bits per heavy atom. The molecule has 0 fully saturated rings. The molecule has 0 spiro atoms. The van der Waals surface area contributed by atoms with Crippen LogP contribution in [0.5, 0.6) is 0 Å². The van der Waals surface area contributed by atoms with Crippen molar-refractivity contribution < 1.29 is 9.21 Å². The van der Waals surface area contributed by atoms with Crippen LogP contribution in [0.2, 0.25) is 0 Å². The molecule has 0 bridgehead atoms. The fraction of sp³-hybridized carbons (Fsp3) is 0.100. The van der Waals surface area contributed by atoms with Gasteiger partial charge >= 0.3 is 0 Å². The van der Waals surface area contributed by atoms with Gasteiger partial charge in [-0.25, -0.2) is 4.98 Å². The van der Waals surface area contributed by atoms with Gasteiger partial charge in [-0.3, -0.25) is 4.79 Å². The summed E-state index contributed by atoms with van der Waals surface area (Å²) in [5, 5.41) is 13.7. The van der Waals surface area contributed by atoms with Crippen LogP contribution in [0.15, 0.2) is 68.0 Å². The van der Waals surface area contributed by atoms with E-state index in [0.717, 1.165) is 21.3 Å². The molecular weight excluding hydrogens is 472 g/mol. The van der Waals surface area contributed by atoms with Crippen LogP contribution in [-0.4, -0.2) is 26.8 Å². The smallest absolute Gasteiger partial charge is 0.277 e. The zero-order valence-electron chi connectivity index (χ0n) is 15.3. The van der Waals surface area contributed by atoms with E-state index in [-0.39, 0.29) is 11.7 Å². The Kier molecular flexibility index (Phi) is 6.08. The summed E-state index contributed by atoms with van der Waals surface area (Å²) in [6.07, 6.45) is 0. The Morgan fingerprint density at radius 3 is 2.76 bits per heavy atom. The van der Waals surface area contributed by atoms with Crippen LogP contribution in [0.3, 0.4) is 0 Å². The molecule has 0 aliphatic rings. The van der Waals surface area contributed by atoms with Crippen LogP contribution < -0.4 is 5.32 Å². The molecule has 2 aromatic carbocycles. The van der Waals surface area contributed by atoms with E-state index in [4.69, 9.17) is 4.42 Å². The lowest BCUT2D eigenvalue weighted by Crippen LogP contribution is -2.13. The van der Waals surface area contributed by atoms with Crippen molar-refractivity contribution in [2.45, 2.75) is 12.1 Å². The Balaban J connectivity index is 1.34. The zero-order valence-corrected chi connectivity index (χ0v) is 18.5. The summed E-state index contributed by atoms with van der Waals surface area (Å²) in [4.78, 5) is 16.7. The molecule has 4 rings (SSSR count). The maximum Gasteiger partial charge on any atom is 0.277 e. The van der Waals surface area contributed by atoms with Crippen LogP contribution >= 0.6 is 39.0 Å². The standard InChI is InChI=1S/C20H15BrN4O2S2/c1-12-6-8-13(9-7-12)16-10-28-19(22-16)23-17(26)11-29-20-25-24-18(27-20)14-4-2-3-5-15(14)21/h2-10H,11H2,1H3,(H,22,23,26). The van der Waals surface area contributed by atoms with E-state index in [9.17, 15) is 4.79 Å². The number of aryl methyl sites for hydroxylation is 1. The molecule has 9 heteroatoms. The van der Waals surface area contributed by atoms with Crippen LogP contribution in [0, 0.1) is 6.92 Å². The van der Waals surface area contributed by atoms with Crippen molar-refractivity contribution in [2.24, 2.45) is 0 Å². The molecule has 0 aliphatic heterocycles. The molecule has 0 unspecified atom stereocenters. The van der Waals surface area contributed by atoms with Gasteiger partial charge in [0.05, 0.1) is 17.0 Å². The number of carbonyl (C=O) groups is 1. The average Bonchev–Trinajstić information content (AvgIpc) is 3.37. The van der Waals surface area contributed by atoms with E-state index in [0.29, 0.717) is 16.2 Å². The van der Waals surface area contributed by atoms with E-state index < -0.39 is 0 Å². The first kappa shape index (κ1) is 19.8. The second kappa shape index (κ2) is 8.89. The largest absolute Gasteiger partial charge is 0.411 e. The zero-order chi connectivity index (χ0) is 20.2. The number of rotatable bonds is 6. The Labute approximate surface area is 183 Å². The monoisotopic (exact) mass is 486 g/mol. The maximum absolute atomic E-state index is 12.2. The fourth-order valence-electron chi connectivity index (χ4n) is 2.48. The number of thioether (sulfide) groups is 1. The SMILES string of the molecule is Cc1ccc(-c2csc(NC(=O)CSc3nnc(-c4ccccc4Br)o3)n2)cc1. The molecule has 2 heterocycles. The number of benzene rings is 2. The van der Waals surface area contributed by atoms with Crippen LogP contribution in [0.1, 0.15) is 5.56 Å². The van der Waals surface area contributed by atoms with E-state index in [1.165, 1.54) is 28.7 Å². The van der Waals surface area contributed by atoms with E-state index in [1.54, 1.807) is 0 Å². The van der Waals surface area contributed by atoms with Crippen molar-refractivity contribution in [1.82, 2.24) is 15.2 Å². The van der Waals surface area contributed by atoms with Crippen LogP contribution in [0.4, 0.5) is 5.13 Å². The van der Waals surface area contributed by atoms with Crippen molar-refractivity contribution >= 4 is 50.1 Å². The molecule has 1 amide bonds. The summed E-state index contributed by atoms with van der Waals surface area (Å²) in [6, 6.07) is 15.7. The molecule has 146 valence electrons. The number of carbonyl (C=O) groups excluding carboxylic acids is 1. The summed E-state index contributed by atoms with van der Waals surface area (Å²) in [5.41, 5.74) is 3.86. The summed E-state index contributed by atoms with van der Waals surface area (Å²) < 4.78 is 6.51. The molecular formula is C20H15BrN4O2S2. The minimum absolute atomic E-state index is 0.150. The highest BCUT2D eigenvalue weighted by Crippen LogP contribution is 2.29. The fourth-order valence-corrected chi connectivity index (χ4v) is 4.24. The maximum atomic E-state index is 12.2. The van der Waals surface area contributed by atoms with Crippen molar-refractivity contribution in [3.63, 3.8) is 0 Å². The van der Waals surface area contributed by atoms with Gasteiger partial charge in [0.1, 0.15) is 0 Å². The Bertz CT molecular complexity index is 1140. The van der Waals surface area contributed by atoms with E-state index >= 15 is 0 Å². The Hall–Kier alpha value is -2.49. The van der Waals surface area contributed by atoms with Crippen molar-refractivity contribution in [3.8, 4) is 22.7 Å². The second-order valence-electron chi connectivity index (χ2n) is 6.09. The third kappa shape index (κ3) is 4.92. The minimum Gasteiger partial charge on any atom is -0.411 e. The highest BCUT2D eigenvalue weighted by atomic mass is 79.9. The normalized spacial score (nSPS) is 10.8. The third-order valence-electron chi connectivity index (χ3n) is 3.94. The van der Waals surface area contributed by atoms with Gasteiger partial charge in [0.15, 0.2) is 5.13 Å². The summed E-state index contributed by atoms with van der Waals surface area (Å²) in [5.74, 6) is 0.375. The van der Waals surface area contributed by atoms with Gasteiger partial charge < -0.3 is 9.73 Å². The average molecular weight is 487 g/mol. The highest BCUT2D eigenvalue weighted by molar-refractivity contribution is 9.10. The second-order valence-corrected chi connectivity index (χ2v) is 8.73. The van der Waals surface area contributed by atoms with Gasteiger partial charge in [-0.15, -0.1) is 21.5 Å². The predicted octanol–water partition coefficient (Wildman–Crippen LogP) is 5.66. The number of aromatic nitrogens is 3. The van der Waals surface area contributed by atoms with Gasteiger partial charge in [0.25, 0.3) is 5.22 Å². The number of nitrogens with one attached hydrogen (secondary N) is 1. The first-order valence-electron chi connectivity index (χ1n) is 8.62. The van der Waals surface area contributed by atoms with Gasteiger partial charge in [-0.1, -0.05) is 53.7 Å². The molecule has 0 atom stereocenters. The molecule has 29 heavy (non-hydrogen) atoms. The summed E-state index contributed by atoms with van der Waals surface area (Å²) in [6.45, 7) is 2.04. The van der Waals surface area contributed by atoms with Gasteiger partial charge in [-0.2, -0.15) is 0 Å². The minimum atomic E-state index is -0.180. The number of hydrogen-bond donors (Lipinski definition) is 1. The molecule has 6 nitrogen and oxygen atoms in total. The predicted molar refractivity (Wildman–Crippen MR) is 119 cm³/mol. The lowest BCUT2D eigenvalue weighted by molar-refractivity contribution is -0.113. The molecule has 0 saturated heterocycles. The van der Waals surface area contributed by atoms with Gasteiger partial charge in [0, 0.05) is 15.4 Å². The number of thiazole rings is 1. The summed E-state index contributed by atoms with van der Waals surface area (Å²) >= 11 is 6.04. The van der Waals surface area contributed by atoms with Gasteiger partial charge in [-0.05, 0) is 35.0 Å². The first-order chi connectivity index (χ1) is 14.1. The number of nitrogens with zero attached hydrogens (tertiary/aromatic N) is 3. The topological polar surface area (TPSA) is 80.9 Å². The number of halogens is 1. The van der Waals surface area contributed by atoms with Crippen molar-refractivity contribution in [1.29, 1.82) is 0 Å². The lowest BCUT2D eigenvalue weighted by atomic mass is 10.1. The molecule has 0 radical (unpaired) electrons. The Morgan fingerprint density at radius 2 is 1.97 bits per heavy atom. The summed E-state index contributed by atoms with van der Waals surface area (Å²) in [7, 11) is 0. The lowest BCUT2D eigenvalue weighted by Gasteiger charge is -2.00. The first-order valence-corrected chi connectivity index (χ1v) is 11.3. The molecule has 2 aromatic heterocycles. The van der Waals surface area contributed by atoms with Crippen LogP contribution in [0.25, 0.3) is 22.7 Å². The van der Waals surface area contributed by atoms with Crippen molar-refractivity contribution in [3.05, 3.63) is 63.9 Å². The number of hydrogen-bond acceptors (Lipinski definition) is 7. The molecule has 0 saturated carbocycles. The van der Waals surface area contributed by atoms with Gasteiger partial charge in [0.2, 0.25) is 11.8 Å². The third-order valence-corrected chi connectivity index (χ3v) is 6.20. The van der Waals surface area contributed by atoms with Crippen molar-refractivity contribution in [2.75, 3.05) is 11.1 Å². The molecule has 4 aromatic rings. The molecule has 0 aliphatic carbocycles. The number of amides is 1. The highest BCUT2D eigenvalue weighted by Gasteiger charge is 2.14. The van der Waals surface area contributed by atoms with E-state index in [2.05, 4.69) is 36.4 Å². The van der Waals surface area contributed by atoms with Crippen LogP contribution in [-0.2, 0) is 4.79 Å². The van der Waals surface area contributed by atoms with E-state index in [1.807, 2.05) is 60.8 Å². The quantitative estimate of drug-likeness (QED) is 0.354.